The van der Waals surface area contributed by atoms with Crippen molar-refractivity contribution in [3.8, 4) is 22.5 Å². The first-order chi connectivity index (χ1) is 28.5. The zero-order valence-electron chi connectivity index (χ0n) is 33.7. The summed E-state index contributed by atoms with van der Waals surface area (Å²) in [5.41, 5.74) is 12.2. The topological polar surface area (TPSA) is 41.0 Å². The predicted molar refractivity (Wildman–Crippen MR) is 252 cm³/mol. The number of hydrogen-bond acceptors (Lipinski definition) is 5. The standard InChI is InChI=1S/C53H52N4S/c1-5-26-51-42(6-2)28-17-10-8-11-18-33-45(37-38-50(41(4)58)57(51)46-34-23-15-24-35-46)52-40(3)27-16-9-7-12-25-36-47(52)54-53-55-48(43-29-19-13-20-30-43)39-49(56-53)44-31-21-14-22-32-44/h5-15,17-26,29-39,41,58H,2,16,27-28H2,1,3-4H3,(H,54,55,56)/b9-7-,11-8+,17-10+,25-12+,26-5-,33-18-,45-37+,47-36+,50-38+,51-42-,52-40+. The lowest BCUT2D eigenvalue weighted by Gasteiger charge is -2.32. The van der Waals surface area contributed by atoms with Gasteiger partial charge in [-0.2, -0.15) is 12.6 Å². The second-order valence-corrected chi connectivity index (χ2v) is 14.7. The maximum absolute atomic E-state index is 5.12. The second kappa shape index (κ2) is 21.2. The Labute approximate surface area is 351 Å². The molecule has 0 saturated heterocycles. The van der Waals surface area contributed by atoms with E-state index < -0.39 is 0 Å². The maximum Gasteiger partial charge on any atom is 0.228 e. The van der Waals surface area contributed by atoms with E-state index in [1.807, 2.05) is 48.5 Å². The largest absolute Gasteiger partial charge is 0.324 e. The van der Waals surface area contributed by atoms with Gasteiger partial charge in [-0.25, -0.2) is 9.97 Å². The highest BCUT2D eigenvalue weighted by Gasteiger charge is 2.22. The summed E-state index contributed by atoms with van der Waals surface area (Å²) in [7, 11) is 0. The van der Waals surface area contributed by atoms with Crippen LogP contribution in [-0.2, 0) is 0 Å². The van der Waals surface area contributed by atoms with Crippen LogP contribution in [0.2, 0.25) is 0 Å². The third-order valence-electron chi connectivity index (χ3n) is 9.76. The van der Waals surface area contributed by atoms with E-state index in [1.54, 1.807) is 0 Å². The van der Waals surface area contributed by atoms with Gasteiger partial charge in [0.15, 0.2) is 0 Å². The molecular formula is C53H52N4S. The third-order valence-corrected chi connectivity index (χ3v) is 10.0. The molecular weight excluding hydrogens is 725 g/mol. The van der Waals surface area contributed by atoms with Crippen molar-refractivity contribution in [2.24, 2.45) is 0 Å². The Morgan fingerprint density at radius 3 is 2.02 bits per heavy atom. The van der Waals surface area contributed by atoms with Crippen molar-refractivity contribution >= 4 is 24.3 Å². The number of nitrogens with one attached hydrogen (secondary N) is 1. The van der Waals surface area contributed by atoms with Crippen molar-refractivity contribution in [3.63, 3.8) is 0 Å². The quantitative estimate of drug-likeness (QED) is 0.166. The monoisotopic (exact) mass is 776 g/mol. The van der Waals surface area contributed by atoms with E-state index in [1.165, 1.54) is 5.57 Å². The Morgan fingerprint density at radius 2 is 1.38 bits per heavy atom. The molecule has 4 aromatic rings. The van der Waals surface area contributed by atoms with Gasteiger partial charge in [0, 0.05) is 44.7 Å². The molecule has 1 atom stereocenters. The van der Waals surface area contributed by atoms with Crippen LogP contribution in [0.25, 0.3) is 22.5 Å². The predicted octanol–water partition coefficient (Wildman–Crippen LogP) is 14.1. The highest BCUT2D eigenvalue weighted by molar-refractivity contribution is 7.81. The Balaban J connectivity index is 1.57. The SMILES string of the molecule is C=C/C1=C(\C=C/C)N(c2ccccc2)/C(C(C)S)=C/C=C(C2=C(/C)CC\C=C/C=C/C=C\2Nc2nc(-c3ccccc3)cc(-c3ccccc3)n2)\C=C/C=C/C=C/C1. The van der Waals surface area contributed by atoms with Gasteiger partial charge in [-0.05, 0) is 87.6 Å². The van der Waals surface area contributed by atoms with Crippen molar-refractivity contribution in [2.45, 2.75) is 45.3 Å². The molecule has 58 heavy (non-hydrogen) atoms. The van der Waals surface area contributed by atoms with Gasteiger partial charge in [0.25, 0.3) is 0 Å². The van der Waals surface area contributed by atoms with E-state index in [-0.39, 0.29) is 5.25 Å². The molecule has 0 spiro atoms. The molecule has 0 radical (unpaired) electrons. The van der Waals surface area contributed by atoms with Crippen LogP contribution in [0.4, 0.5) is 11.6 Å². The summed E-state index contributed by atoms with van der Waals surface area (Å²) in [5.74, 6) is 0.516. The van der Waals surface area contributed by atoms with E-state index in [2.05, 4.69) is 183 Å². The van der Waals surface area contributed by atoms with Gasteiger partial charge >= 0.3 is 0 Å². The third kappa shape index (κ3) is 10.9. The molecule has 0 fully saturated rings. The molecule has 2 heterocycles. The minimum atomic E-state index is -0.123. The number of anilines is 2. The molecule has 6 rings (SSSR count). The highest BCUT2D eigenvalue weighted by atomic mass is 32.1. The average molecular weight is 777 g/mol. The van der Waals surface area contributed by atoms with Gasteiger partial charge in [0.2, 0.25) is 5.95 Å². The highest BCUT2D eigenvalue weighted by Crippen LogP contribution is 2.34. The Kier molecular flexibility index (Phi) is 15.1. The van der Waals surface area contributed by atoms with Crippen LogP contribution in [0.5, 0.6) is 0 Å². The molecule has 3 aromatic carbocycles. The summed E-state index contributed by atoms with van der Waals surface area (Å²) in [6, 6.07) is 33.1. The van der Waals surface area contributed by atoms with Crippen LogP contribution < -0.4 is 10.2 Å². The van der Waals surface area contributed by atoms with Crippen molar-refractivity contribution < 1.29 is 0 Å². The van der Waals surface area contributed by atoms with Crippen molar-refractivity contribution in [3.05, 3.63) is 240 Å². The summed E-state index contributed by atoms with van der Waals surface area (Å²) in [5, 5.41) is 3.61. The van der Waals surface area contributed by atoms with Gasteiger partial charge in [-0.1, -0.05) is 170 Å². The van der Waals surface area contributed by atoms with E-state index >= 15 is 0 Å². The van der Waals surface area contributed by atoms with Gasteiger partial charge < -0.3 is 10.2 Å². The van der Waals surface area contributed by atoms with Crippen molar-refractivity contribution in [1.29, 1.82) is 0 Å². The lowest BCUT2D eigenvalue weighted by Crippen LogP contribution is -2.26. The van der Waals surface area contributed by atoms with E-state index in [4.69, 9.17) is 22.6 Å². The van der Waals surface area contributed by atoms with Gasteiger partial charge in [0.1, 0.15) is 0 Å². The first-order valence-electron chi connectivity index (χ1n) is 19.9. The molecule has 1 aliphatic heterocycles. The minimum Gasteiger partial charge on any atom is -0.324 e. The number of allylic oxidation sites excluding steroid dienone is 19. The van der Waals surface area contributed by atoms with Crippen LogP contribution in [0, 0.1) is 0 Å². The summed E-state index contributed by atoms with van der Waals surface area (Å²) >= 11 is 5.12. The van der Waals surface area contributed by atoms with Gasteiger partial charge in [-0.3, -0.25) is 0 Å². The number of benzene rings is 3. The molecule has 5 heteroatoms. The normalized spacial score (nSPS) is 24.1. The lowest BCUT2D eigenvalue weighted by molar-refractivity contribution is 0.959. The molecule has 0 saturated carbocycles. The molecule has 1 aliphatic carbocycles. The lowest BCUT2D eigenvalue weighted by atomic mass is 9.92. The smallest absolute Gasteiger partial charge is 0.228 e. The summed E-state index contributed by atoms with van der Waals surface area (Å²) in [4.78, 5) is 12.5. The fourth-order valence-corrected chi connectivity index (χ4v) is 7.11. The number of thiol groups is 1. The minimum absolute atomic E-state index is 0.123. The first-order valence-corrected chi connectivity index (χ1v) is 20.4. The van der Waals surface area contributed by atoms with Crippen molar-refractivity contribution in [2.75, 3.05) is 10.2 Å². The summed E-state index contributed by atoms with van der Waals surface area (Å²) in [6.07, 6.45) is 36.5. The number of nitrogens with zero attached hydrogens (tertiary/aromatic N) is 3. The van der Waals surface area contributed by atoms with Gasteiger partial charge in [0.05, 0.1) is 11.4 Å². The fourth-order valence-electron chi connectivity index (χ4n) is 6.91. The van der Waals surface area contributed by atoms with E-state index in [0.717, 1.165) is 81.3 Å². The Hall–Kier alpha value is -6.43. The molecule has 4 nitrogen and oxygen atoms in total. The maximum atomic E-state index is 5.12. The molecule has 2 aliphatic rings. The molecule has 1 unspecified atom stereocenters. The zero-order valence-corrected chi connectivity index (χ0v) is 34.6. The van der Waals surface area contributed by atoms with Crippen LogP contribution in [0.3, 0.4) is 0 Å². The van der Waals surface area contributed by atoms with Gasteiger partial charge in [-0.15, -0.1) is 0 Å². The average Bonchev–Trinajstić information content (AvgIpc) is 3.25. The first kappa shape index (κ1) is 41.2. The molecule has 0 bridgehead atoms. The Morgan fingerprint density at radius 1 is 0.759 bits per heavy atom. The number of aromatic nitrogens is 2. The van der Waals surface area contributed by atoms with Crippen LogP contribution in [-0.4, -0.2) is 15.2 Å². The molecule has 1 N–H and O–H groups in total. The second-order valence-electron chi connectivity index (χ2n) is 14.0. The Bertz CT molecular complexity index is 2320. The number of rotatable bonds is 9. The van der Waals surface area contributed by atoms with E-state index in [9.17, 15) is 0 Å². The van der Waals surface area contributed by atoms with Crippen LogP contribution in [0.1, 0.15) is 40.0 Å². The molecule has 290 valence electrons. The summed E-state index contributed by atoms with van der Waals surface area (Å²) < 4.78 is 0. The molecule has 1 aromatic heterocycles. The number of para-hydroxylation sites is 1. The van der Waals surface area contributed by atoms with Crippen LogP contribution >= 0.6 is 12.6 Å². The molecule has 0 amide bonds. The zero-order chi connectivity index (χ0) is 40.5. The van der Waals surface area contributed by atoms with Crippen molar-refractivity contribution in [1.82, 2.24) is 9.97 Å². The van der Waals surface area contributed by atoms with Crippen LogP contribution in [0.15, 0.2) is 240 Å². The summed E-state index contributed by atoms with van der Waals surface area (Å²) in [6.45, 7) is 10.7. The number of hydrogen-bond donors (Lipinski definition) is 2. The van der Waals surface area contributed by atoms with E-state index in [0.29, 0.717) is 5.95 Å². The fraction of sp³-hybridized carbons (Fsp3) is 0.132.